The van der Waals surface area contributed by atoms with E-state index in [0.29, 0.717) is 41.6 Å². The zero-order chi connectivity index (χ0) is 25.7. The molecular weight excluding hydrogens is 460 g/mol. The number of methoxy groups -OCH3 is 1. The number of para-hydroxylation sites is 1. The van der Waals surface area contributed by atoms with Crippen LogP contribution in [0.3, 0.4) is 0 Å². The van der Waals surface area contributed by atoms with Crippen LogP contribution >= 0.6 is 0 Å². The Balaban J connectivity index is 1.87. The van der Waals surface area contributed by atoms with Crippen molar-refractivity contribution < 1.29 is 28.9 Å². The zero-order valence-corrected chi connectivity index (χ0v) is 20.4. The molecule has 0 saturated carbocycles. The molecule has 4 rings (SSSR count). The van der Waals surface area contributed by atoms with Gasteiger partial charge in [0.25, 0.3) is 11.7 Å². The van der Waals surface area contributed by atoms with Crippen molar-refractivity contribution in [2.45, 2.75) is 26.4 Å². The number of hydrogen-bond acceptors (Lipinski definition) is 7. The molecular formula is C28H28N2O6. The highest BCUT2D eigenvalue weighted by Crippen LogP contribution is 2.42. The van der Waals surface area contributed by atoms with Crippen molar-refractivity contribution in [3.63, 3.8) is 0 Å². The quantitative estimate of drug-likeness (QED) is 0.269. The fourth-order valence-corrected chi connectivity index (χ4v) is 4.33. The first-order valence-electron chi connectivity index (χ1n) is 11.7. The summed E-state index contributed by atoms with van der Waals surface area (Å²) >= 11 is 0. The maximum absolute atomic E-state index is 13.4. The van der Waals surface area contributed by atoms with Crippen molar-refractivity contribution in [2.75, 3.05) is 20.3 Å². The van der Waals surface area contributed by atoms with Gasteiger partial charge in [-0.15, -0.1) is 0 Å². The summed E-state index contributed by atoms with van der Waals surface area (Å²) in [6, 6.07) is 14.9. The third kappa shape index (κ3) is 4.75. The lowest BCUT2D eigenvalue weighted by Crippen LogP contribution is -2.29. The normalized spacial score (nSPS) is 16.8. The predicted octanol–water partition coefficient (Wildman–Crippen LogP) is 4.51. The minimum atomic E-state index is -0.834. The Morgan fingerprint density at radius 1 is 0.972 bits per heavy atom. The molecule has 1 aliphatic heterocycles. The monoisotopic (exact) mass is 488 g/mol. The summed E-state index contributed by atoms with van der Waals surface area (Å²) < 4.78 is 16.8. The highest BCUT2D eigenvalue weighted by Gasteiger charge is 2.46. The molecule has 0 radical (unpaired) electrons. The molecule has 1 aliphatic rings. The van der Waals surface area contributed by atoms with Crippen molar-refractivity contribution >= 4 is 17.4 Å². The summed E-state index contributed by atoms with van der Waals surface area (Å²) in [5, 5.41) is 11.5. The number of nitrogens with zero attached hydrogens (tertiary/aromatic N) is 2. The van der Waals surface area contributed by atoms with E-state index in [4.69, 9.17) is 14.2 Å². The van der Waals surface area contributed by atoms with Crippen LogP contribution < -0.4 is 14.2 Å². The van der Waals surface area contributed by atoms with Crippen molar-refractivity contribution in [2.24, 2.45) is 0 Å². The Kier molecular flexibility index (Phi) is 7.53. The summed E-state index contributed by atoms with van der Waals surface area (Å²) in [5.41, 5.74) is 1.66. The maximum atomic E-state index is 13.4. The number of ether oxygens (including phenoxy) is 3. The molecule has 1 N–H and O–H groups in total. The van der Waals surface area contributed by atoms with Gasteiger partial charge in [-0.3, -0.25) is 14.6 Å². The van der Waals surface area contributed by atoms with Crippen LogP contribution in [0.25, 0.3) is 5.76 Å². The van der Waals surface area contributed by atoms with E-state index in [1.807, 2.05) is 32.0 Å². The minimum absolute atomic E-state index is 0.0220. The number of amides is 1. The van der Waals surface area contributed by atoms with Crippen LogP contribution in [-0.4, -0.2) is 47.0 Å². The molecule has 1 amide bonds. The van der Waals surface area contributed by atoms with Gasteiger partial charge in [-0.2, -0.15) is 0 Å². The van der Waals surface area contributed by atoms with Gasteiger partial charge in [-0.25, -0.2) is 0 Å². The van der Waals surface area contributed by atoms with Crippen LogP contribution in [0.2, 0.25) is 0 Å². The van der Waals surface area contributed by atoms with Gasteiger partial charge < -0.3 is 24.2 Å². The van der Waals surface area contributed by atoms with Crippen LogP contribution in [-0.2, 0) is 16.1 Å². The Labute approximate surface area is 209 Å². The van der Waals surface area contributed by atoms with Crippen LogP contribution in [0.4, 0.5) is 0 Å². The first kappa shape index (κ1) is 24.8. The average Bonchev–Trinajstić information content (AvgIpc) is 3.14. The Morgan fingerprint density at radius 3 is 2.39 bits per heavy atom. The second-order valence-electron chi connectivity index (χ2n) is 8.04. The molecule has 8 nitrogen and oxygen atoms in total. The summed E-state index contributed by atoms with van der Waals surface area (Å²) in [6.07, 6.45) is 3.17. The second kappa shape index (κ2) is 10.9. The number of benzene rings is 2. The molecule has 3 aromatic rings. The molecule has 1 fully saturated rings. The number of Topliss-reactive ketones (excluding diaryl/α,β-unsaturated/α-hetero) is 1. The predicted molar refractivity (Wildman–Crippen MR) is 134 cm³/mol. The Morgan fingerprint density at radius 2 is 1.69 bits per heavy atom. The van der Waals surface area contributed by atoms with Gasteiger partial charge in [0.15, 0.2) is 0 Å². The third-order valence-electron chi connectivity index (χ3n) is 5.91. The number of aromatic nitrogens is 1. The molecule has 0 spiro atoms. The Bertz CT molecular complexity index is 1290. The number of aliphatic hydroxyl groups excluding tert-OH is 1. The number of rotatable bonds is 9. The van der Waals surface area contributed by atoms with Crippen LogP contribution in [0.5, 0.6) is 17.2 Å². The first-order chi connectivity index (χ1) is 17.5. The van der Waals surface area contributed by atoms with E-state index in [-0.39, 0.29) is 17.9 Å². The molecule has 1 aromatic heterocycles. The second-order valence-corrected chi connectivity index (χ2v) is 8.04. The maximum Gasteiger partial charge on any atom is 0.295 e. The van der Waals surface area contributed by atoms with E-state index in [1.54, 1.807) is 55.9 Å². The fraction of sp³-hybridized carbons (Fsp3) is 0.250. The first-order valence-corrected chi connectivity index (χ1v) is 11.7. The lowest BCUT2D eigenvalue weighted by molar-refractivity contribution is -0.140. The van der Waals surface area contributed by atoms with Gasteiger partial charge in [-0.1, -0.05) is 18.2 Å². The molecule has 186 valence electrons. The molecule has 2 aromatic carbocycles. The van der Waals surface area contributed by atoms with Crippen LogP contribution in [0, 0.1) is 0 Å². The standard InChI is InChI=1S/C28H28N2O6/c1-4-35-20-10-11-21(23(16-20)36-5-2)26(31)24-25(18-12-14-29-15-13-18)30(28(33)27(24)32)17-19-8-6-7-9-22(19)34-3/h6-16,25,31H,4-5,17H2,1-3H3/b26-24-. The zero-order valence-electron chi connectivity index (χ0n) is 20.4. The number of hydrogen-bond donors (Lipinski definition) is 1. The van der Waals surface area contributed by atoms with Crippen molar-refractivity contribution in [3.05, 3.63) is 89.3 Å². The largest absolute Gasteiger partial charge is 0.507 e. The molecule has 1 saturated heterocycles. The lowest BCUT2D eigenvalue weighted by atomic mass is 9.95. The molecule has 36 heavy (non-hydrogen) atoms. The van der Waals surface area contributed by atoms with Crippen LogP contribution in [0.1, 0.15) is 36.6 Å². The summed E-state index contributed by atoms with van der Waals surface area (Å²) in [5.74, 6) is -0.291. The topological polar surface area (TPSA) is 98.2 Å². The number of carbonyl (C=O) groups is 2. The number of carbonyl (C=O) groups excluding carboxylic acids is 2. The van der Waals surface area contributed by atoms with E-state index >= 15 is 0 Å². The number of aliphatic hydroxyl groups is 1. The van der Waals surface area contributed by atoms with E-state index in [2.05, 4.69) is 4.98 Å². The molecule has 0 bridgehead atoms. The van der Waals surface area contributed by atoms with E-state index in [0.717, 1.165) is 5.56 Å². The van der Waals surface area contributed by atoms with Gasteiger partial charge in [0.05, 0.1) is 44.0 Å². The van der Waals surface area contributed by atoms with Crippen molar-refractivity contribution in [1.82, 2.24) is 9.88 Å². The fourth-order valence-electron chi connectivity index (χ4n) is 4.33. The molecule has 8 heteroatoms. The van der Waals surface area contributed by atoms with Gasteiger partial charge >= 0.3 is 0 Å². The smallest absolute Gasteiger partial charge is 0.295 e. The highest BCUT2D eigenvalue weighted by molar-refractivity contribution is 6.46. The van der Waals surface area contributed by atoms with Crippen LogP contribution in [0.15, 0.2) is 72.6 Å². The highest BCUT2D eigenvalue weighted by atomic mass is 16.5. The van der Waals surface area contributed by atoms with E-state index < -0.39 is 17.7 Å². The SMILES string of the molecule is CCOc1ccc(/C(O)=C2/C(=O)C(=O)N(Cc3ccccc3OC)C2c2ccncc2)c(OCC)c1. The Hall–Kier alpha value is -4.33. The third-order valence-corrected chi connectivity index (χ3v) is 5.91. The number of pyridine rings is 1. The van der Waals surface area contributed by atoms with E-state index in [9.17, 15) is 14.7 Å². The molecule has 1 atom stereocenters. The summed E-state index contributed by atoms with van der Waals surface area (Å²) in [4.78, 5) is 32.2. The summed E-state index contributed by atoms with van der Waals surface area (Å²) in [6.45, 7) is 4.60. The van der Waals surface area contributed by atoms with Gasteiger partial charge in [0.1, 0.15) is 23.0 Å². The minimum Gasteiger partial charge on any atom is -0.507 e. The lowest BCUT2D eigenvalue weighted by Gasteiger charge is -2.26. The molecule has 0 aliphatic carbocycles. The van der Waals surface area contributed by atoms with Crippen molar-refractivity contribution in [3.8, 4) is 17.2 Å². The van der Waals surface area contributed by atoms with E-state index in [1.165, 1.54) is 4.90 Å². The molecule has 1 unspecified atom stereocenters. The molecule has 2 heterocycles. The summed E-state index contributed by atoms with van der Waals surface area (Å²) in [7, 11) is 1.55. The number of ketones is 1. The van der Waals surface area contributed by atoms with Gasteiger partial charge in [0.2, 0.25) is 0 Å². The van der Waals surface area contributed by atoms with Gasteiger partial charge in [-0.05, 0) is 49.7 Å². The van der Waals surface area contributed by atoms with Gasteiger partial charge in [0, 0.05) is 24.0 Å². The number of likely N-dealkylation sites (tertiary alicyclic amines) is 1. The average molecular weight is 489 g/mol. The van der Waals surface area contributed by atoms with Crippen molar-refractivity contribution in [1.29, 1.82) is 0 Å².